The molecule has 0 saturated heterocycles. The third-order valence-electron chi connectivity index (χ3n) is 2.14. The van der Waals surface area contributed by atoms with Gasteiger partial charge in [0.2, 0.25) is 0 Å². The minimum atomic E-state index is -3.87. The van der Waals surface area contributed by atoms with Crippen molar-refractivity contribution in [2.75, 3.05) is 10.5 Å². The summed E-state index contributed by atoms with van der Waals surface area (Å²) in [6, 6.07) is 4.33. The molecule has 3 N–H and O–H groups in total. The van der Waals surface area contributed by atoms with E-state index in [1.54, 1.807) is 0 Å². The van der Waals surface area contributed by atoms with Crippen LogP contribution < -0.4 is 10.5 Å². The van der Waals surface area contributed by atoms with Crippen molar-refractivity contribution in [2.24, 2.45) is 0 Å². The van der Waals surface area contributed by atoms with Crippen LogP contribution in [-0.2, 0) is 10.0 Å². The Bertz CT molecular complexity index is 723. The van der Waals surface area contributed by atoms with Crippen molar-refractivity contribution in [3.05, 3.63) is 40.2 Å². The van der Waals surface area contributed by atoms with Crippen LogP contribution in [0.3, 0.4) is 0 Å². The highest BCUT2D eigenvalue weighted by molar-refractivity contribution is 9.10. The summed E-state index contributed by atoms with van der Waals surface area (Å²) >= 11 is 9.01. The SMILES string of the molecule is Nc1ncccc1S(=O)(=O)Nc1cc(Br)cnc1Cl. The molecule has 0 atom stereocenters. The van der Waals surface area contributed by atoms with Crippen LogP contribution in [0.2, 0.25) is 5.15 Å². The van der Waals surface area contributed by atoms with Crippen LogP contribution >= 0.6 is 27.5 Å². The van der Waals surface area contributed by atoms with Crippen LogP contribution in [0.1, 0.15) is 0 Å². The molecule has 0 aromatic carbocycles. The zero-order valence-electron chi connectivity index (χ0n) is 9.34. The maximum Gasteiger partial charge on any atom is 0.265 e. The first kappa shape index (κ1) is 14.0. The van der Waals surface area contributed by atoms with E-state index in [9.17, 15) is 8.42 Å². The molecule has 6 nitrogen and oxygen atoms in total. The second kappa shape index (κ2) is 5.32. The summed E-state index contributed by atoms with van der Waals surface area (Å²) < 4.78 is 27.2. The van der Waals surface area contributed by atoms with Gasteiger partial charge in [0.1, 0.15) is 10.7 Å². The first-order chi connectivity index (χ1) is 8.90. The maximum atomic E-state index is 12.2. The van der Waals surface area contributed by atoms with E-state index in [4.69, 9.17) is 17.3 Å². The predicted molar refractivity (Wildman–Crippen MR) is 76.4 cm³/mol. The van der Waals surface area contributed by atoms with E-state index in [1.165, 1.54) is 30.6 Å². The van der Waals surface area contributed by atoms with Crippen LogP contribution in [0.4, 0.5) is 11.5 Å². The number of hydrogen-bond donors (Lipinski definition) is 2. The largest absolute Gasteiger partial charge is 0.383 e. The number of nitrogens with two attached hydrogens (primary N) is 1. The average Bonchev–Trinajstić information content (AvgIpc) is 2.34. The average molecular weight is 364 g/mol. The number of halogens is 2. The van der Waals surface area contributed by atoms with Crippen molar-refractivity contribution >= 4 is 49.1 Å². The number of nitrogens with zero attached hydrogens (tertiary/aromatic N) is 2. The normalized spacial score (nSPS) is 11.3. The number of pyridine rings is 2. The number of rotatable bonds is 3. The monoisotopic (exact) mass is 362 g/mol. The molecule has 0 amide bonds. The number of hydrogen-bond acceptors (Lipinski definition) is 5. The Hall–Kier alpha value is -1.38. The Kier molecular flexibility index (Phi) is 3.93. The van der Waals surface area contributed by atoms with Crippen LogP contribution in [0, 0.1) is 0 Å². The third kappa shape index (κ3) is 3.14. The molecule has 2 aromatic heterocycles. The lowest BCUT2D eigenvalue weighted by molar-refractivity contribution is 0.601. The van der Waals surface area contributed by atoms with E-state index >= 15 is 0 Å². The van der Waals surface area contributed by atoms with Gasteiger partial charge in [-0.3, -0.25) is 4.72 Å². The predicted octanol–water partition coefficient (Wildman–Crippen LogP) is 2.28. The van der Waals surface area contributed by atoms with Gasteiger partial charge in [-0.25, -0.2) is 18.4 Å². The summed E-state index contributed by atoms with van der Waals surface area (Å²) in [6.07, 6.45) is 2.86. The van der Waals surface area contributed by atoms with E-state index in [-0.39, 0.29) is 21.6 Å². The van der Waals surface area contributed by atoms with Crippen LogP contribution in [0.15, 0.2) is 40.0 Å². The number of sulfonamides is 1. The van der Waals surface area contributed by atoms with Crippen molar-refractivity contribution < 1.29 is 8.42 Å². The lowest BCUT2D eigenvalue weighted by atomic mass is 10.4. The van der Waals surface area contributed by atoms with Gasteiger partial charge in [-0.05, 0) is 34.1 Å². The lowest BCUT2D eigenvalue weighted by Gasteiger charge is -2.10. The molecule has 2 heterocycles. The molecule has 0 bridgehead atoms. The molecule has 0 aliphatic carbocycles. The van der Waals surface area contributed by atoms with E-state index in [2.05, 4.69) is 30.6 Å². The summed E-state index contributed by atoms with van der Waals surface area (Å²) in [4.78, 5) is 7.43. The fourth-order valence-electron chi connectivity index (χ4n) is 1.32. The van der Waals surface area contributed by atoms with E-state index < -0.39 is 10.0 Å². The van der Waals surface area contributed by atoms with Crippen LogP contribution in [0.25, 0.3) is 0 Å². The molecule has 100 valence electrons. The minimum absolute atomic E-state index is 0.0363. The van der Waals surface area contributed by atoms with Gasteiger partial charge >= 0.3 is 0 Å². The highest BCUT2D eigenvalue weighted by atomic mass is 79.9. The summed E-state index contributed by atoms with van der Waals surface area (Å²) in [7, 11) is -3.87. The summed E-state index contributed by atoms with van der Waals surface area (Å²) in [5.74, 6) is -0.0888. The standard InChI is InChI=1S/C10H8BrClN4O2S/c11-6-4-7(9(12)15-5-6)16-19(17,18)8-2-1-3-14-10(8)13/h1-5,16H,(H2,13,14). The van der Waals surface area contributed by atoms with Crippen LogP contribution in [0.5, 0.6) is 0 Å². The molecule has 0 fully saturated rings. The van der Waals surface area contributed by atoms with Crippen molar-refractivity contribution in [1.29, 1.82) is 0 Å². The van der Waals surface area contributed by atoms with Gasteiger partial charge in [0, 0.05) is 16.9 Å². The Balaban J connectivity index is 2.43. The molecule has 0 aliphatic rings. The topological polar surface area (TPSA) is 98.0 Å². The fourth-order valence-corrected chi connectivity index (χ4v) is 3.00. The van der Waals surface area contributed by atoms with Crippen molar-refractivity contribution in [2.45, 2.75) is 4.90 Å². The number of aromatic nitrogens is 2. The molecule has 2 rings (SSSR count). The molecule has 0 unspecified atom stereocenters. The molecule has 0 aliphatic heterocycles. The van der Waals surface area contributed by atoms with Gasteiger partial charge in [-0.2, -0.15) is 0 Å². The minimum Gasteiger partial charge on any atom is -0.383 e. The zero-order valence-corrected chi connectivity index (χ0v) is 12.5. The first-order valence-corrected chi connectivity index (χ1v) is 7.60. The van der Waals surface area contributed by atoms with E-state index in [0.29, 0.717) is 4.47 Å². The Morgan fingerprint density at radius 3 is 2.79 bits per heavy atom. The summed E-state index contributed by atoms with van der Waals surface area (Å²) in [6.45, 7) is 0. The van der Waals surface area contributed by atoms with Gasteiger partial charge in [-0.1, -0.05) is 11.6 Å². The zero-order chi connectivity index (χ0) is 14.0. The molecule has 19 heavy (non-hydrogen) atoms. The molecule has 0 spiro atoms. The quantitative estimate of drug-likeness (QED) is 0.815. The molecular weight excluding hydrogens is 356 g/mol. The Labute approximate surface area is 123 Å². The lowest BCUT2D eigenvalue weighted by Crippen LogP contribution is -2.15. The first-order valence-electron chi connectivity index (χ1n) is 4.94. The fraction of sp³-hybridized carbons (Fsp3) is 0. The number of nitrogens with one attached hydrogen (secondary N) is 1. The van der Waals surface area contributed by atoms with Gasteiger partial charge in [0.15, 0.2) is 5.15 Å². The van der Waals surface area contributed by atoms with Gasteiger partial charge < -0.3 is 5.73 Å². The van der Waals surface area contributed by atoms with Crippen molar-refractivity contribution in [3.8, 4) is 0 Å². The van der Waals surface area contributed by atoms with Crippen molar-refractivity contribution in [3.63, 3.8) is 0 Å². The second-order valence-electron chi connectivity index (χ2n) is 3.48. The van der Waals surface area contributed by atoms with E-state index in [0.717, 1.165) is 0 Å². The highest BCUT2D eigenvalue weighted by Crippen LogP contribution is 2.26. The highest BCUT2D eigenvalue weighted by Gasteiger charge is 2.19. The van der Waals surface area contributed by atoms with E-state index in [1.807, 2.05) is 0 Å². The van der Waals surface area contributed by atoms with Crippen LogP contribution in [-0.4, -0.2) is 18.4 Å². The summed E-state index contributed by atoms with van der Waals surface area (Å²) in [5.41, 5.74) is 5.69. The van der Waals surface area contributed by atoms with Gasteiger partial charge in [-0.15, -0.1) is 0 Å². The summed E-state index contributed by atoms with van der Waals surface area (Å²) in [5, 5.41) is 0.0363. The van der Waals surface area contributed by atoms with Gasteiger partial charge in [0.25, 0.3) is 10.0 Å². The second-order valence-corrected chi connectivity index (χ2v) is 6.41. The van der Waals surface area contributed by atoms with Crippen molar-refractivity contribution in [1.82, 2.24) is 9.97 Å². The molecule has 0 saturated carbocycles. The molecular formula is C10H8BrClN4O2S. The number of anilines is 2. The molecule has 9 heteroatoms. The molecule has 0 radical (unpaired) electrons. The Morgan fingerprint density at radius 2 is 2.11 bits per heavy atom. The number of nitrogen functional groups attached to an aromatic ring is 1. The molecule has 2 aromatic rings. The van der Waals surface area contributed by atoms with Gasteiger partial charge in [0.05, 0.1) is 5.69 Å². The Morgan fingerprint density at radius 1 is 1.37 bits per heavy atom. The third-order valence-corrected chi connectivity index (χ3v) is 4.29. The smallest absolute Gasteiger partial charge is 0.265 e. The maximum absolute atomic E-state index is 12.2.